The molecule has 1 aromatic carbocycles. The summed E-state index contributed by atoms with van der Waals surface area (Å²) in [7, 11) is 2.06. The summed E-state index contributed by atoms with van der Waals surface area (Å²) >= 11 is 6.52. The minimum atomic E-state index is -0.670. The van der Waals surface area contributed by atoms with Crippen LogP contribution in [0.5, 0.6) is 6.01 Å². The second kappa shape index (κ2) is 12.1. The van der Waals surface area contributed by atoms with E-state index >= 15 is 4.39 Å². The number of nitrogens with zero attached hydrogens (tertiary/aromatic N) is 6. The average molecular weight is 638 g/mol. The fourth-order valence-electron chi connectivity index (χ4n) is 6.04. The molecule has 3 aromatic heterocycles. The number of likely N-dealkylation sites (N-methyl/N-ethyl adjacent to an activating group) is 1. The number of hydrogen-bond acceptors (Lipinski definition) is 9. The average Bonchev–Trinajstić information content (AvgIpc) is 3.38. The van der Waals surface area contributed by atoms with E-state index in [1.54, 1.807) is 23.1 Å². The van der Waals surface area contributed by atoms with Crippen LogP contribution in [0.4, 0.5) is 15.0 Å². The van der Waals surface area contributed by atoms with E-state index in [1.165, 1.54) is 12.1 Å². The molecule has 2 aliphatic rings. The van der Waals surface area contributed by atoms with E-state index in [2.05, 4.69) is 26.9 Å². The molecule has 4 aromatic rings. The van der Waals surface area contributed by atoms with Crippen molar-refractivity contribution in [1.29, 1.82) is 0 Å². The summed E-state index contributed by atoms with van der Waals surface area (Å²) in [4.78, 5) is 48.0. The van der Waals surface area contributed by atoms with Crippen LogP contribution < -0.4 is 15.2 Å². The second-order valence-corrected chi connectivity index (χ2v) is 13.2. The number of H-pyrrole nitrogens is 1. The zero-order chi connectivity index (χ0) is 32.0. The minimum Gasteiger partial charge on any atom is -0.462 e. The molecule has 0 bridgehead atoms. The van der Waals surface area contributed by atoms with Gasteiger partial charge < -0.3 is 29.2 Å². The Labute approximate surface area is 265 Å². The zero-order valence-corrected chi connectivity index (χ0v) is 26.8. The van der Waals surface area contributed by atoms with Crippen LogP contribution in [0.2, 0.25) is 5.02 Å². The molecule has 2 fully saturated rings. The molecule has 0 unspecified atom stereocenters. The Morgan fingerprint density at radius 3 is 2.67 bits per heavy atom. The third-order valence-electron chi connectivity index (χ3n) is 8.29. The number of carbonyl (C=O) groups excluding carboxylic acids is 1. The molecule has 1 amide bonds. The molecule has 1 N–H and O–H groups in total. The fraction of sp³-hybridized carbons (Fsp3) is 0.469. The number of ether oxygens (including phenoxy) is 2. The van der Waals surface area contributed by atoms with Crippen molar-refractivity contribution in [2.75, 3.05) is 44.7 Å². The number of hydrogen-bond donors (Lipinski definition) is 1. The molecule has 45 heavy (non-hydrogen) atoms. The molecule has 0 spiro atoms. The highest BCUT2D eigenvalue weighted by atomic mass is 35.5. The Hall–Kier alpha value is -4.03. The maximum atomic E-state index is 16.1. The first-order valence-corrected chi connectivity index (χ1v) is 15.5. The molecule has 0 saturated carbocycles. The van der Waals surface area contributed by atoms with Crippen LogP contribution in [0.15, 0.2) is 35.1 Å². The first-order valence-electron chi connectivity index (χ1n) is 15.2. The molecule has 2 aliphatic heterocycles. The zero-order valence-electron chi connectivity index (χ0n) is 26.1. The van der Waals surface area contributed by atoms with Crippen molar-refractivity contribution in [2.45, 2.75) is 58.2 Å². The number of likely N-dealkylation sites (tertiary alicyclic amines) is 1. The lowest BCUT2D eigenvalue weighted by Gasteiger charge is -2.41. The van der Waals surface area contributed by atoms with Gasteiger partial charge in [-0.3, -0.25) is 4.79 Å². The Kier molecular flexibility index (Phi) is 8.30. The number of fused-ring (bicyclic) bond motifs is 2. The van der Waals surface area contributed by atoms with Gasteiger partial charge in [0, 0.05) is 43.2 Å². The third kappa shape index (κ3) is 6.39. The molecule has 5 heterocycles. The Bertz CT molecular complexity index is 1830. The lowest BCUT2D eigenvalue weighted by molar-refractivity contribution is 0.0218. The normalized spacial score (nSPS) is 19.4. The molecular formula is C32H37ClFN7O4. The summed E-state index contributed by atoms with van der Waals surface area (Å²) in [5.41, 5.74) is -0.743. The molecule has 2 atom stereocenters. The monoisotopic (exact) mass is 637 g/mol. The number of aromatic nitrogens is 4. The SMILES string of the molecule is C[C@H]1CN(C(=O)OC(C)(C)C)CCN1c1nc(OC[C@@H]2CCCN2C)nc2nc(-c3[nH]c(=O)cc4cccc(Cl)c34)c(F)cc12. The van der Waals surface area contributed by atoms with Gasteiger partial charge in [-0.05, 0) is 71.6 Å². The Balaban J connectivity index is 1.42. The van der Waals surface area contributed by atoms with Crippen molar-refractivity contribution >= 4 is 45.3 Å². The van der Waals surface area contributed by atoms with E-state index in [-0.39, 0.29) is 41.2 Å². The number of aromatic amines is 1. The summed E-state index contributed by atoms with van der Waals surface area (Å²) in [6.07, 6.45) is 1.71. The number of halogens is 2. The number of piperazine rings is 1. The maximum Gasteiger partial charge on any atom is 0.410 e. The minimum absolute atomic E-state index is 0.0905. The van der Waals surface area contributed by atoms with Crippen LogP contribution in [0.1, 0.15) is 40.5 Å². The quantitative estimate of drug-likeness (QED) is 0.313. The van der Waals surface area contributed by atoms with Crippen LogP contribution >= 0.6 is 11.6 Å². The van der Waals surface area contributed by atoms with Crippen LogP contribution in [0.25, 0.3) is 33.2 Å². The van der Waals surface area contributed by atoms with Crippen molar-refractivity contribution < 1.29 is 18.7 Å². The number of rotatable bonds is 5. The van der Waals surface area contributed by atoms with E-state index in [9.17, 15) is 9.59 Å². The van der Waals surface area contributed by atoms with Gasteiger partial charge >= 0.3 is 12.1 Å². The van der Waals surface area contributed by atoms with Gasteiger partial charge in [0.1, 0.15) is 23.7 Å². The molecule has 11 nitrogen and oxygen atoms in total. The highest BCUT2D eigenvalue weighted by Gasteiger charge is 2.32. The van der Waals surface area contributed by atoms with E-state index < -0.39 is 17.0 Å². The standard InChI is InChI=1S/C32H37ClFN7O4/c1-18-16-40(31(43)45-32(2,3)4)12-13-41(18)29-21-15-23(34)26(27-25-19(14-24(42)35-27)8-6-10-22(25)33)36-28(21)37-30(38-29)44-17-20-9-7-11-39(20)5/h6,8,10,14-15,18,20H,7,9,11-13,16-17H2,1-5H3,(H,35,42)/t18-,20-/m0/s1. The summed E-state index contributed by atoms with van der Waals surface area (Å²) in [5.74, 6) is -0.217. The van der Waals surface area contributed by atoms with Crippen LogP contribution in [0, 0.1) is 5.82 Å². The van der Waals surface area contributed by atoms with Gasteiger partial charge in [0.15, 0.2) is 11.5 Å². The summed E-state index contributed by atoms with van der Waals surface area (Å²) in [6, 6.07) is 8.05. The van der Waals surface area contributed by atoms with Gasteiger partial charge in [0.05, 0.1) is 16.1 Å². The molecule has 238 valence electrons. The lowest BCUT2D eigenvalue weighted by Crippen LogP contribution is -2.55. The first kappa shape index (κ1) is 31.0. The van der Waals surface area contributed by atoms with Gasteiger partial charge in [-0.25, -0.2) is 14.2 Å². The smallest absolute Gasteiger partial charge is 0.410 e. The van der Waals surface area contributed by atoms with E-state index in [4.69, 9.17) is 26.1 Å². The first-order chi connectivity index (χ1) is 21.4. The van der Waals surface area contributed by atoms with Crippen LogP contribution in [0.3, 0.4) is 0 Å². The van der Waals surface area contributed by atoms with Gasteiger partial charge in [-0.1, -0.05) is 23.7 Å². The second-order valence-electron chi connectivity index (χ2n) is 12.8. The molecular weight excluding hydrogens is 601 g/mol. The Morgan fingerprint density at radius 2 is 1.96 bits per heavy atom. The van der Waals surface area contributed by atoms with E-state index in [0.29, 0.717) is 53.2 Å². The number of anilines is 1. The van der Waals surface area contributed by atoms with Crippen molar-refractivity contribution in [3.8, 4) is 17.4 Å². The number of amides is 1. The molecule has 6 rings (SSSR count). The van der Waals surface area contributed by atoms with Gasteiger partial charge in [0.2, 0.25) is 5.56 Å². The largest absolute Gasteiger partial charge is 0.462 e. The summed E-state index contributed by atoms with van der Waals surface area (Å²) in [6.45, 7) is 10.1. The summed E-state index contributed by atoms with van der Waals surface area (Å²) < 4.78 is 27.8. The molecule has 0 radical (unpaired) electrons. The third-order valence-corrected chi connectivity index (χ3v) is 8.61. The lowest BCUT2D eigenvalue weighted by atomic mass is 10.1. The van der Waals surface area contributed by atoms with Crippen molar-refractivity contribution in [2.24, 2.45) is 0 Å². The predicted molar refractivity (Wildman–Crippen MR) is 172 cm³/mol. The van der Waals surface area contributed by atoms with Crippen molar-refractivity contribution in [3.05, 3.63) is 51.5 Å². The fourth-order valence-corrected chi connectivity index (χ4v) is 6.32. The number of benzene rings is 1. The highest BCUT2D eigenvalue weighted by Crippen LogP contribution is 2.35. The van der Waals surface area contributed by atoms with Crippen LogP contribution in [-0.2, 0) is 4.74 Å². The Morgan fingerprint density at radius 1 is 1.16 bits per heavy atom. The molecule has 0 aliphatic carbocycles. The molecule has 2 saturated heterocycles. The predicted octanol–water partition coefficient (Wildman–Crippen LogP) is 5.24. The number of pyridine rings is 2. The van der Waals surface area contributed by atoms with Gasteiger partial charge in [0.25, 0.3) is 0 Å². The van der Waals surface area contributed by atoms with Gasteiger partial charge in [-0.15, -0.1) is 0 Å². The summed E-state index contributed by atoms with van der Waals surface area (Å²) in [5, 5.41) is 1.77. The van der Waals surface area contributed by atoms with Crippen molar-refractivity contribution in [3.63, 3.8) is 0 Å². The van der Waals surface area contributed by atoms with Crippen LogP contribution in [-0.4, -0.2) is 93.3 Å². The highest BCUT2D eigenvalue weighted by molar-refractivity contribution is 6.36. The topological polar surface area (TPSA) is 117 Å². The van der Waals surface area contributed by atoms with E-state index in [0.717, 1.165) is 19.4 Å². The molecule has 13 heteroatoms. The maximum absolute atomic E-state index is 16.1. The number of nitrogens with one attached hydrogen (secondary N) is 1. The van der Waals surface area contributed by atoms with E-state index in [1.807, 2.05) is 32.6 Å². The van der Waals surface area contributed by atoms with Gasteiger partial charge in [-0.2, -0.15) is 9.97 Å². The number of carbonyl (C=O) groups is 1. The van der Waals surface area contributed by atoms with Crippen molar-refractivity contribution in [1.82, 2.24) is 29.7 Å².